The number of ether oxygens (including phenoxy) is 1. The molecule has 1 saturated carbocycles. The van der Waals surface area contributed by atoms with E-state index in [1.54, 1.807) is 0 Å². The molecule has 0 aromatic heterocycles. The largest absolute Gasteiger partial charge is 0.376 e. The predicted molar refractivity (Wildman–Crippen MR) is 73.4 cm³/mol. The van der Waals surface area contributed by atoms with E-state index in [1.807, 2.05) is 0 Å². The molecule has 0 aliphatic heterocycles. The number of hydrogen-bond donors (Lipinski definition) is 1. The molecule has 0 aromatic rings. The van der Waals surface area contributed by atoms with Gasteiger partial charge in [0.25, 0.3) is 0 Å². The van der Waals surface area contributed by atoms with Crippen molar-refractivity contribution in [3.63, 3.8) is 0 Å². The zero-order valence-corrected chi connectivity index (χ0v) is 12.0. The first-order chi connectivity index (χ1) is 8.13. The van der Waals surface area contributed by atoms with Crippen LogP contribution in [0.3, 0.4) is 0 Å². The van der Waals surface area contributed by atoms with Crippen LogP contribution >= 0.6 is 0 Å². The van der Waals surface area contributed by atoms with E-state index in [0.717, 1.165) is 38.7 Å². The Morgan fingerprint density at radius 3 is 2.53 bits per heavy atom. The molecule has 1 atom stereocenters. The molecule has 1 rings (SSSR count). The summed E-state index contributed by atoms with van der Waals surface area (Å²) >= 11 is 0. The number of rotatable bonds is 10. The Balaban J connectivity index is 2.00. The monoisotopic (exact) mass is 242 g/mol. The molecule has 0 aromatic carbocycles. The highest BCUT2D eigenvalue weighted by atomic mass is 16.5. The average Bonchev–Trinajstić information content (AvgIpc) is 3.10. The van der Waals surface area contributed by atoms with Gasteiger partial charge in [0.05, 0.1) is 12.7 Å². The Bertz CT molecular complexity index is 193. The molecule has 1 unspecified atom stereocenters. The van der Waals surface area contributed by atoms with E-state index in [0.29, 0.717) is 12.0 Å². The lowest BCUT2D eigenvalue weighted by Crippen LogP contribution is -2.33. The van der Waals surface area contributed by atoms with Gasteiger partial charge in [-0.1, -0.05) is 20.8 Å². The number of nitrogens with one attached hydrogen (secondary N) is 1. The van der Waals surface area contributed by atoms with Gasteiger partial charge in [0, 0.05) is 19.1 Å². The number of hydrogen-bond acceptors (Lipinski definition) is 3. The maximum absolute atomic E-state index is 5.92. The van der Waals surface area contributed by atoms with E-state index in [2.05, 4.69) is 38.0 Å². The zero-order chi connectivity index (χ0) is 12.7. The Morgan fingerprint density at radius 1 is 1.29 bits per heavy atom. The molecule has 0 bridgehead atoms. The minimum absolute atomic E-state index is 0.376. The summed E-state index contributed by atoms with van der Waals surface area (Å²) in [6.45, 7) is 10.7. The van der Waals surface area contributed by atoms with Crippen molar-refractivity contribution in [3.8, 4) is 0 Å². The van der Waals surface area contributed by atoms with Gasteiger partial charge in [-0.25, -0.2) is 0 Å². The van der Waals surface area contributed by atoms with E-state index in [4.69, 9.17) is 4.74 Å². The van der Waals surface area contributed by atoms with Crippen LogP contribution in [0.1, 0.15) is 40.0 Å². The van der Waals surface area contributed by atoms with Crippen molar-refractivity contribution in [2.24, 2.45) is 5.92 Å². The van der Waals surface area contributed by atoms with Gasteiger partial charge in [0.1, 0.15) is 0 Å². The van der Waals surface area contributed by atoms with Crippen LogP contribution in [0, 0.1) is 5.92 Å². The molecular weight excluding hydrogens is 212 g/mol. The van der Waals surface area contributed by atoms with Gasteiger partial charge >= 0.3 is 0 Å². The molecule has 0 spiro atoms. The van der Waals surface area contributed by atoms with Gasteiger partial charge in [-0.2, -0.15) is 0 Å². The quantitative estimate of drug-likeness (QED) is 0.635. The van der Waals surface area contributed by atoms with Gasteiger partial charge in [-0.05, 0) is 38.8 Å². The van der Waals surface area contributed by atoms with Crippen molar-refractivity contribution in [2.75, 3.05) is 33.3 Å². The first-order valence-corrected chi connectivity index (χ1v) is 7.16. The average molecular weight is 242 g/mol. The van der Waals surface area contributed by atoms with Crippen LogP contribution in [0.4, 0.5) is 0 Å². The highest BCUT2D eigenvalue weighted by Gasteiger charge is 2.25. The van der Waals surface area contributed by atoms with Gasteiger partial charge in [-0.15, -0.1) is 0 Å². The Morgan fingerprint density at radius 2 is 2.00 bits per heavy atom. The summed E-state index contributed by atoms with van der Waals surface area (Å²) in [6.07, 6.45) is 4.23. The first-order valence-electron chi connectivity index (χ1n) is 7.16. The van der Waals surface area contributed by atoms with Gasteiger partial charge in [0.2, 0.25) is 0 Å². The van der Waals surface area contributed by atoms with E-state index >= 15 is 0 Å². The maximum Gasteiger partial charge on any atom is 0.0697 e. The highest BCUT2D eigenvalue weighted by molar-refractivity contribution is 4.82. The predicted octanol–water partition coefficient (Wildman–Crippen LogP) is 2.12. The second-order valence-corrected chi connectivity index (χ2v) is 5.66. The first kappa shape index (κ1) is 14.9. The van der Waals surface area contributed by atoms with Crippen molar-refractivity contribution >= 4 is 0 Å². The van der Waals surface area contributed by atoms with Crippen molar-refractivity contribution < 1.29 is 4.74 Å². The lowest BCUT2D eigenvalue weighted by molar-refractivity contribution is 0.0378. The fourth-order valence-electron chi connectivity index (χ4n) is 1.92. The summed E-state index contributed by atoms with van der Waals surface area (Å²) in [5.74, 6) is 0.716. The summed E-state index contributed by atoms with van der Waals surface area (Å²) in [5.41, 5.74) is 0. The van der Waals surface area contributed by atoms with Gasteiger partial charge in [-0.3, -0.25) is 0 Å². The molecule has 0 amide bonds. The third-order valence-electron chi connectivity index (χ3n) is 3.35. The molecule has 3 heteroatoms. The molecule has 0 saturated heterocycles. The minimum atomic E-state index is 0.376. The minimum Gasteiger partial charge on any atom is -0.376 e. The van der Waals surface area contributed by atoms with Gasteiger partial charge < -0.3 is 15.0 Å². The molecule has 1 N–H and O–H groups in total. The lowest BCUT2D eigenvalue weighted by atomic mass is 10.2. The summed E-state index contributed by atoms with van der Waals surface area (Å²) in [6, 6.07) is 0.845. The van der Waals surface area contributed by atoms with Crippen LogP contribution in [0.5, 0.6) is 0 Å². The molecule has 0 heterocycles. The molecule has 1 fully saturated rings. The molecule has 3 nitrogen and oxygen atoms in total. The summed E-state index contributed by atoms with van der Waals surface area (Å²) in [7, 11) is 2.21. The van der Waals surface area contributed by atoms with Crippen LogP contribution in [0.15, 0.2) is 0 Å². The SMILES string of the molecule is CCC(CNCC(C)C)OCCN(C)C1CC1. The second kappa shape index (κ2) is 8.06. The topological polar surface area (TPSA) is 24.5 Å². The van der Waals surface area contributed by atoms with Crippen molar-refractivity contribution in [3.05, 3.63) is 0 Å². The fraction of sp³-hybridized carbons (Fsp3) is 1.00. The van der Waals surface area contributed by atoms with Gasteiger partial charge in [0.15, 0.2) is 0 Å². The third kappa shape index (κ3) is 7.02. The van der Waals surface area contributed by atoms with Crippen LogP contribution in [0.25, 0.3) is 0 Å². The summed E-state index contributed by atoms with van der Waals surface area (Å²) in [4.78, 5) is 2.42. The maximum atomic E-state index is 5.92. The molecule has 17 heavy (non-hydrogen) atoms. The highest BCUT2D eigenvalue weighted by Crippen LogP contribution is 2.24. The molecule has 0 radical (unpaired) electrons. The van der Waals surface area contributed by atoms with E-state index in [1.165, 1.54) is 12.8 Å². The molecule has 1 aliphatic rings. The Kier molecular flexibility index (Phi) is 7.09. The number of nitrogens with zero attached hydrogens (tertiary/aromatic N) is 1. The van der Waals surface area contributed by atoms with E-state index in [9.17, 15) is 0 Å². The second-order valence-electron chi connectivity index (χ2n) is 5.66. The van der Waals surface area contributed by atoms with Crippen LogP contribution in [-0.4, -0.2) is 50.3 Å². The standard InChI is InChI=1S/C14H30N2O/c1-5-14(11-15-10-12(2)3)17-9-8-16(4)13-6-7-13/h12-15H,5-11H2,1-4H3. The Hall–Kier alpha value is -0.120. The van der Waals surface area contributed by atoms with Crippen molar-refractivity contribution in [1.82, 2.24) is 10.2 Å². The lowest BCUT2D eigenvalue weighted by Gasteiger charge is -2.20. The molecule has 1 aliphatic carbocycles. The van der Waals surface area contributed by atoms with E-state index < -0.39 is 0 Å². The molecule has 102 valence electrons. The van der Waals surface area contributed by atoms with E-state index in [-0.39, 0.29) is 0 Å². The third-order valence-corrected chi connectivity index (χ3v) is 3.35. The van der Waals surface area contributed by atoms with Crippen LogP contribution < -0.4 is 5.32 Å². The van der Waals surface area contributed by atoms with Crippen LogP contribution in [0.2, 0.25) is 0 Å². The summed E-state index contributed by atoms with van der Waals surface area (Å²) in [5, 5.41) is 3.47. The normalized spacial score (nSPS) is 18.0. The fourth-order valence-corrected chi connectivity index (χ4v) is 1.92. The smallest absolute Gasteiger partial charge is 0.0697 e. The molecular formula is C14H30N2O. The number of likely N-dealkylation sites (N-methyl/N-ethyl adjacent to an activating group) is 1. The Labute approximate surface area is 107 Å². The zero-order valence-electron chi connectivity index (χ0n) is 12.0. The van der Waals surface area contributed by atoms with Crippen LogP contribution in [-0.2, 0) is 4.74 Å². The van der Waals surface area contributed by atoms with Crippen molar-refractivity contribution in [2.45, 2.75) is 52.2 Å². The van der Waals surface area contributed by atoms with Crippen molar-refractivity contribution in [1.29, 1.82) is 0 Å². The summed E-state index contributed by atoms with van der Waals surface area (Å²) < 4.78 is 5.92.